The Morgan fingerprint density at radius 3 is 3.07 bits per heavy atom. The van der Waals surface area contributed by atoms with Gasteiger partial charge in [0.05, 0.1) is 12.8 Å². The minimum atomic E-state index is -0.319. The number of anilines is 1. The molecular formula is C20H22FN5O. The summed E-state index contributed by atoms with van der Waals surface area (Å²) >= 11 is 0. The lowest BCUT2D eigenvalue weighted by Crippen LogP contribution is -2.36. The highest BCUT2D eigenvalue weighted by molar-refractivity contribution is 5.78. The van der Waals surface area contributed by atoms with E-state index in [0.29, 0.717) is 24.0 Å². The molecule has 1 N–H and O–H groups in total. The molecule has 0 aliphatic carbocycles. The SMILES string of the molecule is Fc1cc2cc(c1)-c1cnn3ccc(nc13)NC[C@H]1CCCN1CCCO2. The van der Waals surface area contributed by atoms with Crippen molar-refractivity contribution in [2.24, 2.45) is 0 Å². The average molecular weight is 367 g/mol. The number of hydrogen-bond acceptors (Lipinski definition) is 5. The van der Waals surface area contributed by atoms with Crippen molar-refractivity contribution >= 4 is 11.5 Å². The van der Waals surface area contributed by atoms with Crippen LogP contribution in [-0.2, 0) is 0 Å². The van der Waals surface area contributed by atoms with Crippen molar-refractivity contribution in [1.29, 1.82) is 0 Å². The standard InChI is InChI=1S/C20H22FN5O/c21-15-9-14-10-17(11-15)27-8-2-6-25-5-1-3-16(25)12-22-19-4-7-26-20(24-19)18(14)13-23-26/h4,7,9-11,13,16H,1-3,5-6,8,12H2,(H,22,24)/t16-/m1/s1. The summed E-state index contributed by atoms with van der Waals surface area (Å²) < 4.78 is 21.7. The topological polar surface area (TPSA) is 54.7 Å². The first-order chi connectivity index (χ1) is 13.3. The van der Waals surface area contributed by atoms with Gasteiger partial charge in [0.25, 0.3) is 0 Å². The zero-order valence-corrected chi connectivity index (χ0v) is 15.1. The summed E-state index contributed by atoms with van der Waals surface area (Å²) in [5.41, 5.74) is 2.22. The first-order valence-corrected chi connectivity index (χ1v) is 9.52. The summed E-state index contributed by atoms with van der Waals surface area (Å²) in [5, 5.41) is 7.84. The molecule has 27 heavy (non-hydrogen) atoms. The van der Waals surface area contributed by atoms with Gasteiger partial charge in [-0.05, 0) is 49.6 Å². The first-order valence-electron chi connectivity index (χ1n) is 9.52. The van der Waals surface area contributed by atoms with Gasteiger partial charge in [-0.3, -0.25) is 4.90 Å². The van der Waals surface area contributed by atoms with E-state index in [1.807, 2.05) is 18.3 Å². The number of ether oxygens (including phenoxy) is 1. The predicted octanol–water partition coefficient (Wildman–Crippen LogP) is 3.19. The Bertz CT molecular complexity index is 972. The second kappa shape index (κ2) is 6.81. The van der Waals surface area contributed by atoms with Crippen molar-refractivity contribution < 1.29 is 9.13 Å². The number of nitrogens with zero attached hydrogens (tertiary/aromatic N) is 4. The molecular weight excluding hydrogens is 345 g/mol. The van der Waals surface area contributed by atoms with Crippen LogP contribution in [0.25, 0.3) is 16.8 Å². The molecule has 140 valence electrons. The number of halogens is 1. The summed E-state index contributed by atoms with van der Waals surface area (Å²) in [6, 6.07) is 7.24. The van der Waals surface area contributed by atoms with E-state index < -0.39 is 0 Å². The van der Waals surface area contributed by atoms with E-state index in [-0.39, 0.29) is 5.82 Å². The molecule has 0 saturated carbocycles. The van der Waals surface area contributed by atoms with Crippen LogP contribution in [0.5, 0.6) is 5.75 Å². The maximum Gasteiger partial charge on any atom is 0.165 e. The van der Waals surface area contributed by atoms with E-state index in [2.05, 4.69) is 15.3 Å². The Morgan fingerprint density at radius 1 is 1.19 bits per heavy atom. The second-order valence-electron chi connectivity index (χ2n) is 7.23. The van der Waals surface area contributed by atoms with Crippen LogP contribution >= 0.6 is 0 Å². The van der Waals surface area contributed by atoms with Crippen molar-refractivity contribution in [3.8, 4) is 16.9 Å². The van der Waals surface area contributed by atoms with Crippen LogP contribution in [0, 0.1) is 5.82 Å². The van der Waals surface area contributed by atoms with Crippen molar-refractivity contribution in [3.63, 3.8) is 0 Å². The summed E-state index contributed by atoms with van der Waals surface area (Å²) in [6.07, 6.45) is 6.95. The molecule has 0 spiro atoms. The number of benzene rings is 1. The average Bonchev–Trinajstić information content (AvgIpc) is 3.28. The Balaban J connectivity index is 1.57. The second-order valence-corrected chi connectivity index (χ2v) is 7.23. The Hall–Kier alpha value is -2.67. The number of nitrogens with one attached hydrogen (secondary N) is 1. The normalized spacial score (nSPS) is 20.6. The van der Waals surface area contributed by atoms with E-state index in [0.717, 1.165) is 43.0 Å². The molecule has 3 aromatic rings. The third kappa shape index (κ3) is 3.23. The Labute approximate surface area is 157 Å². The molecule has 1 fully saturated rings. The molecule has 0 unspecified atom stereocenters. The summed E-state index contributed by atoms with van der Waals surface area (Å²) in [4.78, 5) is 7.24. The van der Waals surface area contributed by atoms with Gasteiger partial charge in [-0.2, -0.15) is 5.10 Å². The third-order valence-corrected chi connectivity index (χ3v) is 5.43. The maximum absolute atomic E-state index is 14.2. The lowest BCUT2D eigenvalue weighted by molar-refractivity contribution is 0.226. The van der Waals surface area contributed by atoms with E-state index in [9.17, 15) is 4.39 Å². The molecule has 2 aliphatic rings. The third-order valence-electron chi connectivity index (χ3n) is 5.43. The van der Waals surface area contributed by atoms with Gasteiger partial charge in [0.15, 0.2) is 5.65 Å². The molecule has 4 bridgehead atoms. The van der Waals surface area contributed by atoms with Crippen LogP contribution < -0.4 is 10.1 Å². The molecule has 2 aromatic heterocycles. The lowest BCUT2D eigenvalue weighted by atomic mass is 10.1. The zero-order valence-electron chi connectivity index (χ0n) is 15.1. The molecule has 1 atom stereocenters. The van der Waals surface area contributed by atoms with Crippen molar-refractivity contribution in [1.82, 2.24) is 19.5 Å². The molecule has 1 saturated heterocycles. The largest absolute Gasteiger partial charge is 0.493 e. The number of rotatable bonds is 0. The molecule has 0 radical (unpaired) electrons. The van der Waals surface area contributed by atoms with Crippen molar-refractivity contribution in [2.75, 3.05) is 31.6 Å². The van der Waals surface area contributed by atoms with E-state index in [4.69, 9.17) is 9.72 Å². The number of fused-ring (bicyclic) bond motifs is 5. The van der Waals surface area contributed by atoms with Gasteiger partial charge in [0.1, 0.15) is 17.4 Å². The van der Waals surface area contributed by atoms with Crippen LogP contribution in [-0.4, -0.2) is 51.8 Å². The minimum absolute atomic E-state index is 0.319. The zero-order chi connectivity index (χ0) is 18.2. The van der Waals surface area contributed by atoms with Crippen LogP contribution in [0.15, 0.2) is 36.7 Å². The lowest BCUT2D eigenvalue weighted by Gasteiger charge is -2.24. The quantitative estimate of drug-likeness (QED) is 0.661. The van der Waals surface area contributed by atoms with Gasteiger partial charge in [-0.1, -0.05) is 0 Å². The van der Waals surface area contributed by atoms with Gasteiger partial charge in [0.2, 0.25) is 0 Å². The van der Waals surface area contributed by atoms with E-state index >= 15 is 0 Å². The Morgan fingerprint density at radius 2 is 2.11 bits per heavy atom. The van der Waals surface area contributed by atoms with Crippen molar-refractivity contribution in [2.45, 2.75) is 25.3 Å². The first kappa shape index (κ1) is 16.5. The smallest absolute Gasteiger partial charge is 0.165 e. The monoisotopic (exact) mass is 367 g/mol. The molecule has 0 amide bonds. The molecule has 6 nitrogen and oxygen atoms in total. The highest BCUT2D eigenvalue weighted by atomic mass is 19.1. The van der Waals surface area contributed by atoms with Gasteiger partial charge in [-0.25, -0.2) is 13.9 Å². The molecule has 7 heteroatoms. The minimum Gasteiger partial charge on any atom is -0.493 e. The maximum atomic E-state index is 14.2. The van der Waals surface area contributed by atoms with Crippen LogP contribution in [0.4, 0.5) is 10.2 Å². The fourth-order valence-electron chi connectivity index (χ4n) is 4.07. The molecule has 1 aromatic carbocycles. The van der Waals surface area contributed by atoms with Gasteiger partial charge < -0.3 is 10.1 Å². The van der Waals surface area contributed by atoms with E-state index in [1.54, 1.807) is 10.7 Å². The van der Waals surface area contributed by atoms with Crippen molar-refractivity contribution in [3.05, 3.63) is 42.5 Å². The van der Waals surface area contributed by atoms with E-state index in [1.165, 1.54) is 25.0 Å². The van der Waals surface area contributed by atoms with Gasteiger partial charge in [-0.15, -0.1) is 0 Å². The van der Waals surface area contributed by atoms with Crippen LogP contribution in [0.3, 0.4) is 0 Å². The number of aromatic nitrogens is 3. The van der Waals surface area contributed by atoms with Gasteiger partial charge in [0, 0.05) is 37.0 Å². The highest BCUT2D eigenvalue weighted by Gasteiger charge is 2.24. The summed E-state index contributed by atoms with van der Waals surface area (Å²) in [5.74, 6) is 1.05. The van der Waals surface area contributed by atoms with Gasteiger partial charge >= 0.3 is 0 Å². The fourth-order valence-corrected chi connectivity index (χ4v) is 4.07. The Kier molecular flexibility index (Phi) is 4.16. The highest BCUT2D eigenvalue weighted by Crippen LogP contribution is 2.29. The summed E-state index contributed by atoms with van der Waals surface area (Å²) in [7, 11) is 0. The van der Waals surface area contributed by atoms with Crippen LogP contribution in [0.1, 0.15) is 19.3 Å². The molecule has 2 aliphatic heterocycles. The fraction of sp³-hybridized carbons (Fsp3) is 0.400. The number of hydrogen-bond donors (Lipinski definition) is 1. The molecule has 5 rings (SSSR count). The predicted molar refractivity (Wildman–Crippen MR) is 102 cm³/mol. The summed E-state index contributed by atoms with van der Waals surface area (Å²) in [6.45, 7) is 3.56. The van der Waals surface area contributed by atoms with Crippen LogP contribution in [0.2, 0.25) is 0 Å². The molecule has 4 heterocycles.